The Morgan fingerprint density at radius 3 is 2.47 bits per heavy atom. The lowest BCUT2D eigenvalue weighted by Gasteiger charge is -2.14. The van der Waals surface area contributed by atoms with Crippen LogP contribution in [0.15, 0.2) is 64.3 Å². The molecule has 30 heavy (non-hydrogen) atoms. The Hall–Kier alpha value is -3.81. The molecule has 0 fully saturated rings. The van der Waals surface area contributed by atoms with E-state index in [0.29, 0.717) is 5.69 Å². The predicted molar refractivity (Wildman–Crippen MR) is 114 cm³/mol. The molecule has 0 amide bonds. The number of rotatable bonds is 5. The van der Waals surface area contributed by atoms with Gasteiger partial charge in [-0.25, -0.2) is 18.7 Å². The molecule has 0 saturated heterocycles. The molecule has 1 atom stereocenters. The summed E-state index contributed by atoms with van der Waals surface area (Å²) in [5.41, 5.74) is 1.52. The summed E-state index contributed by atoms with van der Waals surface area (Å²) in [7, 11) is 0. The third-order valence-electron chi connectivity index (χ3n) is 4.97. The van der Waals surface area contributed by atoms with Gasteiger partial charge in [0.2, 0.25) is 5.95 Å². The van der Waals surface area contributed by atoms with Crippen molar-refractivity contribution in [1.82, 2.24) is 19.5 Å². The van der Waals surface area contributed by atoms with E-state index in [1.165, 1.54) is 18.3 Å². The molecule has 0 bridgehead atoms. The van der Waals surface area contributed by atoms with Crippen molar-refractivity contribution in [2.24, 2.45) is 0 Å². The normalized spacial score (nSPS) is 12.1. The van der Waals surface area contributed by atoms with Crippen LogP contribution in [0.2, 0.25) is 0 Å². The van der Waals surface area contributed by atoms with E-state index in [1.54, 1.807) is 24.3 Å². The second-order valence-electron chi connectivity index (χ2n) is 6.96. The molecule has 0 radical (unpaired) electrons. The molecule has 152 valence electrons. The molecule has 8 heteroatoms. The van der Waals surface area contributed by atoms with Crippen LogP contribution in [0.4, 0.5) is 10.3 Å². The summed E-state index contributed by atoms with van der Waals surface area (Å²) in [5, 5.41) is 3.30. The van der Waals surface area contributed by atoms with Gasteiger partial charge < -0.3 is 5.32 Å². The summed E-state index contributed by atoms with van der Waals surface area (Å²) in [5.74, 6) is -0.0643. The summed E-state index contributed by atoms with van der Waals surface area (Å²) in [6, 6.07) is 13.1. The third-order valence-corrected chi connectivity index (χ3v) is 4.97. The first-order valence-electron chi connectivity index (χ1n) is 9.59. The van der Waals surface area contributed by atoms with Crippen molar-refractivity contribution in [3.8, 4) is 5.69 Å². The standard InChI is InChI=1S/C22H20FN5O2/c1-3-14-4-10-17(11-5-14)28-20(29)18-12-24-21(26-19(18)27-22(28)30)25-13(2)15-6-8-16(23)9-7-15/h4-13H,3H2,1-2H3,(H2,24,25,26,27,30)/t13-/m0/s1. The predicted octanol–water partition coefficient (Wildman–Crippen LogP) is 3.34. The molecule has 4 aromatic rings. The average molecular weight is 405 g/mol. The average Bonchev–Trinajstić information content (AvgIpc) is 2.74. The van der Waals surface area contributed by atoms with E-state index in [2.05, 4.69) is 20.3 Å². The third kappa shape index (κ3) is 3.71. The maximum Gasteiger partial charge on any atom is 0.334 e. The van der Waals surface area contributed by atoms with Crippen LogP contribution in [0, 0.1) is 5.82 Å². The fourth-order valence-corrected chi connectivity index (χ4v) is 3.22. The second kappa shape index (κ2) is 7.90. The smallest absolute Gasteiger partial charge is 0.334 e. The van der Waals surface area contributed by atoms with Crippen molar-refractivity contribution in [2.45, 2.75) is 26.3 Å². The molecule has 0 aliphatic carbocycles. The first-order chi connectivity index (χ1) is 14.5. The van der Waals surface area contributed by atoms with Crippen LogP contribution < -0.4 is 16.6 Å². The van der Waals surface area contributed by atoms with E-state index < -0.39 is 11.2 Å². The highest BCUT2D eigenvalue weighted by molar-refractivity contribution is 5.73. The van der Waals surface area contributed by atoms with Crippen LogP contribution in [0.3, 0.4) is 0 Å². The maximum absolute atomic E-state index is 13.1. The number of fused-ring (bicyclic) bond motifs is 1. The minimum absolute atomic E-state index is 0.148. The fraction of sp³-hybridized carbons (Fsp3) is 0.182. The number of nitrogens with one attached hydrogen (secondary N) is 2. The van der Waals surface area contributed by atoms with Crippen LogP contribution in [0.1, 0.15) is 31.0 Å². The maximum atomic E-state index is 13.1. The van der Waals surface area contributed by atoms with Gasteiger partial charge in [0.25, 0.3) is 5.56 Å². The van der Waals surface area contributed by atoms with Gasteiger partial charge in [-0.05, 0) is 48.7 Å². The van der Waals surface area contributed by atoms with E-state index >= 15 is 0 Å². The highest BCUT2D eigenvalue weighted by Gasteiger charge is 2.13. The van der Waals surface area contributed by atoms with E-state index in [1.807, 2.05) is 26.0 Å². The number of aryl methyl sites for hydroxylation is 1. The largest absolute Gasteiger partial charge is 0.348 e. The summed E-state index contributed by atoms with van der Waals surface area (Å²) < 4.78 is 14.2. The zero-order valence-electron chi connectivity index (χ0n) is 16.5. The summed E-state index contributed by atoms with van der Waals surface area (Å²) in [6.07, 6.45) is 2.25. The quantitative estimate of drug-likeness (QED) is 0.531. The first-order valence-corrected chi connectivity index (χ1v) is 9.59. The topological polar surface area (TPSA) is 92.7 Å². The van der Waals surface area contributed by atoms with E-state index in [-0.39, 0.29) is 28.8 Å². The number of aromatic amines is 1. The highest BCUT2D eigenvalue weighted by atomic mass is 19.1. The van der Waals surface area contributed by atoms with Crippen molar-refractivity contribution >= 4 is 17.0 Å². The Labute approximate surface area is 171 Å². The lowest BCUT2D eigenvalue weighted by Crippen LogP contribution is -2.34. The minimum atomic E-state index is -0.576. The Kier molecular flexibility index (Phi) is 5.14. The lowest BCUT2D eigenvalue weighted by atomic mass is 10.1. The molecule has 0 aliphatic heterocycles. The second-order valence-corrected chi connectivity index (χ2v) is 6.96. The van der Waals surface area contributed by atoms with Crippen molar-refractivity contribution in [3.05, 3.63) is 92.5 Å². The van der Waals surface area contributed by atoms with Crippen molar-refractivity contribution in [3.63, 3.8) is 0 Å². The van der Waals surface area contributed by atoms with Gasteiger partial charge in [0.15, 0.2) is 5.65 Å². The number of hydrogen-bond acceptors (Lipinski definition) is 5. The minimum Gasteiger partial charge on any atom is -0.348 e. The van der Waals surface area contributed by atoms with Crippen LogP contribution >= 0.6 is 0 Å². The molecule has 7 nitrogen and oxygen atoms in total. The zero-order valence-corrected chi connectivity index (χ0v) is 16.5. The molecule has 0 unspecified atom stereocenters. The van der Waals surface area contributed by atoms with Gasteiger partial charge in [-0.2, -0.15) is 4.98 Å². The van der Waals surface area contributed by atoms with Gasteiger partial charge >= 0.3 is 5.69 Å². The van der Waals surface area contributed by atoms with E-state index in [0.717, 1.165) is 22.1 Å². The van der Waals surface area contributed by atoms with Crippen LogP contribution in [0.25, 0.3) is 16.7 Å². The Morgan fingerprint density at radius 2 is 1.80 bits per heavy atom. The lowest BCUT2D eigenvalue weighted by molar-refractivity contribution is 0.626. The highest BCUT2D eigenvalue weighted by Crippen LogP contribution is 2.18. The summed E-state index contributed by atoms with van der Waals surface area (Å²) >= 11 is 0. The van der Waals surface area contributed by atoms with E-state index in [9.17, 15) is 14.0 Å². The molecule has 2 heterocycles. The SMILES string of the molecule is CCc1ccc(-n2c(=O)[nH]c3nc(N[C@@H](C)c4ccc(F)cc4)ncc3c2=O)cc1. The van der Waals surface area contributed by atoms with Gasteiger partial charge in [0.1, 0.15) is 11.2 Å². The fourth-order valence-electron chi connectivity index (χ4n) is 3.22. The van der Waals surface area contributed by atoms with Crippen molar-refractivity contribution < 1.29 is 4.39 Å². The van der Waals surface area contributed by atoms with Gasteiger partial charge in [0.05, 0.1) is 11.7 Å². The molecule has 0 saturated carbocycles. The zero-order chi connectivity index (χ0) is 21.3. The molecule has 0 aliphatic rings. The number of halogens is 1. The molecule has 2 N–H and O–H groups in total. The van der Waals surface area contributed by atoms with E-state index in [4.69, 9.17) is 0 Å². The summed E-state index contributed by atoms with van der Waals surface area (Å²) in [4.78, 5) is 36.6. The van der Waals surface area contributed by atoms with Gasteiger partial charge in [0, 0.05) is 6.20 Å². The molecular formula is C22H20FN5O2. The van der Waals surface area contributed by atoms with Crippen LogP contribution in [-0.2, 0) is 6.42 Å². The number of nitrogens with zero attached hydrogens (tertiary/aromatic N) is 3. The molecule has 4 rings (SSSR count). The van der Waals surface area contributed by atoms with Crippen LogP contribution in [-0.4, -0.2) is 19.5 Å². The number of hydrogen-bond donors (Lipinski definition) is 2. The number of H-pyrrole nitrogens is 1. The monoisotopic (exact) mass is 405 g/mol. The Bertz CT molecular complexity index is 1310. The number of aromatic nitrogens is 4. The number of benzene rings is 2. The molecule has 2 aromatic carbocycles. The van der Waals surface area contributed by atoms with Crippen molar-refractivity contribution in [1.29, 1.82) is 0 Å². The summed E-state index contributed by atoms with van der Waals surface area (Å²) in [6.45, 7) is 3.91. The Balaban J connectivity index is 1.69. The van der Waals surface area contributed by atoms with Gasteiger partial charge in [-0.1, -0.05) is 31.2 Å². The number of anilines is 1. The molecule has 0 spiro atoms. The first kappa shape index (κ1) is 19.5. The molecular weight excluding hydrogens is 385 g/mol. The van der Waals surface area contributed by atoms with Gasteiger partial charge in [-0.15, -0.1) is 0 Å². The van der Waals surface area contributed by atoms with Crippen LogP contribution in [0.5, 0.6) is 0 Å². The Morgan fingerprint density at radius 1 is 1.10 bits per heavy atom. The molecule has 2 aromatic heterocycles. The van der Waals surface area contributed by atoms with Gasteiger partial charge in [-0.3, -0.25) is 9.78 Å². The van der Waals surface area contributed by atoms with Crippen molar-refractivity contribution in [2.75, 3.05) is 5.32 Å².